The zero-order valence-electron chi connectivity index (χ0n) is 14.5. The number of piperazine rings is 1. The molecule has 1 aliphatic rings. The number of sulfonamides is 2. The molecule has 0 aliphatic carbocycles. The number of nitrogens with zero attached hydrogens (tertiary/aromatic N) is 2. The van der Waals surface area contributed by atoms with E-state index < -0.39 is 25.9 Å². The number of hydrogen-bond acceptors (Lipinski definition) is 4. The molecule has 2 aromatic carbocycles. The molecule has 27 heavy (non-hydrogen) atoms. The van der Waals surface area contributed by atoms with Gasteiger partial charge in [-0.2, -0.15) is 8.61 Å². The third-order valence-corrected chi connectivity index (χ3v) is 8.61. The van der Waals surface area contributed by atoms with Crippen molar-refractivity contribution in [1.82, 2.24) is 8.61 Å². The highest BCUT2D eigenvalue weighted by atomic mass is 35.5. The first-order chi connectivity index (χ1) is 12.6. The first-order valence-corrected chi connectivity index (χ1v) is 11.4. The van der Waals surface area contributed by atoms with Gasteiger partial charge in [0.15, 0.2) is 0 Å². The van der Waals surface area contributed by atoms with E-state index >= 15 is 0 Å². The van der Waals surface area contributed by atoms with Gasteiger partial charge in [-0.3, -0.25) is 0 Å². The Labute approximate surface area is 163 Å². The van der Waals surface area contributed by atoms with Gasteiger partial charge in [0.2, 0.25) is 20.0 Å². The van der Waals surface area contributed by atoms with Gasteiger partial charge < -0.3 is 0 Å². The molecule has 1 heterocycles. The minimum Gasteiger partial charge on any atom is -0.207 e. The normalized spacial score (nSPS) is 17.1. The molecule has 0 unspecified atom stereocenters. The van der Waals surface area contributed by atoms with Crippen molar-refractivity contribution in [3.05, 3.63) is 58.9 Å². The predicted molar refractivity (Wildman–Crippen MR) is 100 cm³/mol. The Balaban J connectivity index is 1.77. The van der Waals surface area contributed by atoms with Gasteiger partial charge in [-0.05, 0) is 42.8 Å². The summed E-state index contributed by atoms with van der Waals surface area (Å²) >= 11 is 6.02. The van der Waals surface area contributed by atoms with Crippen molar-refractivity contribution >= 4 is 31.6 Å². The van der Waals surface area contributed by atoms with E-state index in [0.29, 0.717) is 5.02 Å². The van der Waals surface area contributed by atoms with Gasteiger partial charge in [-0.1, -0.05) is 23.7 Å². The minimum atomic E-state index is -3.88. The van der Waals surface area contributed by atoms with Crippen LogP contribution in [0.4, 0.5) is 4.39 Å². The van der Waals surface area contributed by atoms with E-state index in [1.54, 1.807) is 13.0 Å². The Bertz CT molecular complexity index is 1070. The number of benzene rings is 2. The van der Waals surface area contributed by atoms with Crippen LogP contribution in [0.2, 0.25) is 5.02 Å². The van der Waals surface area contributed by atoms with Crippen LogP contribution in [0.1, 0.15) is 5.56 Å². The summed E-state index contributed by atoms with van der Waals surface area (Å²) in [4.78, 5) is -0.0799. The molecule has 6 nitrogen and oxygen atoms in total. The van der Waals surface area contributed by atoms with Crippen molar-refractivity contribution in [2.45, 2.75) is 16.7 Å². The van der Waals surface area contributed by atoms with Crippen LogP contribution in [0.25, 0.3) is 0 Å². The highest BCUT2D eigenvalue weighted by molar-refractivity contribution is 7.89. The molecule has 1 aliphatic heterocycles. The first-order valence-electron chi connectivity index (χ1n) is 8.14. The molecule has 0 aromatic heterocycles. The average molecular weight is 433 g/mol. The summed E-state index contributed by atoms with van der Waals surface area (Å²) in [6.45, 7) is 1.74. The lowest BCUT2D eigenvalue weighted by atomic mass is 10.2. The standard InChI is InChI=1S/C17H18ClFN2O4S2/c1-13-5-6-16(12-17(13)18)27(24,25)21-9-7-20(8-10-21)26(22,23)15-4-2-3-14(19)11-15/h2-6,11-12H,7-10H2,1H3. The van der Waals surface area contributed by atoms with E-state index in [2.05, 4.69) is 0 Å². The summed E-state index contributed by atoms with van der Waals surface area (Å²) in [5, 5.41) is 0.350. The maximum atomic E-state index is 13.4. The van der Waals surface area contributed by atoms with E-state index in [-0.39, 0.29) is 36.0 Å². The third kappa shape index (κ3) is 4.02. The van der Waals surface area contributed by atoms with Crippen LogP contribution in [0, 0.1) is 12.7 Å². The summed E-state index contributed by atoms with van der Waals surface area (Å²) in [5.41, 5.74) is 0.765. The molecule has 1 fully saturated rings. The molecule has 0 bridgehead atoms. The molecule has 2 aromatic rings. The van der Waals surface area contributed by atoms with Crippen molar-refractivity contribution in [1.29, 1.82) is 0 Å². The number of hydrogen-bond donors (Lipinski definition) is 0. The SMILES string of the molecule is Cc1ccc(S(=O)(=O)N2CCN(S(=O)(=O)c3cccc(F)c3)CC2)cc1Cl. The second kappa shape index (κ2) is 7.48. The molecule has 10 heteroatoms. The minimum absolute atomic E-state index is 0.00236. The zero-order chi connectivity index (χ0) is 19.8. The third-order valence-electron chi connectivity index (χ3n) is 4.41. The van der Waals surface area contributed by atoms with Gasteiger partial charge in [0.25, 0.3) is 0 Å². The first kappa shape index (κ1) is 20.2. The lowest BCUT2D eigenvalue weighted by Gasteiger charge is -2.33. The van der Waals surface area contributed by atoms with Gasteiger partial charge in [-0.15, -0.1) is 0 Å². The monoisotopic (exact) mass is 432 g/mol. The molecule has 0 saturated carbocycles. The Kier molecular flexibility index (Phi) is 5.60. The molecule has 0 atom stereocenters. The van der Waals surface area contributed by atoms with Gasteiger partial charge in [0, 0.05) is 31.2 Å². The van der Waals surface area contributed by atoms with Crippen molar-refractivity contribution in [3.8, 4) is 0 Å². The van der Waals surface area contributed by atoms with Crippen LogP contribution in [0.5, 0.6) is 0 Å². The van der Waals surface area contributed by atoms with Crippen molar-refractivity contribution in [2.75, 3.05) is 26.2 Å². The van der Waals surface area contributed by atoms with E-state index in [1.165, 1.54) is 28.6 Å². The second-order valence-electron chi connectivity index (χ2n) is 6.18. The van der Waals surface area contributed by atoms with Gasteiger partial charge in [0.05, 0.1) is 9.79 Å². The number of rotatable bonds is 4. The van der Waals surface area contributed by atoms with Crippen LogP contribution in [0.15, 0.2) is 52.3 Å². The van der Waals surface area contributed by atoms with E-state index in [0.717, 1.165) is 22.0 Å². The lowest BCUT2D eigenvalue weighted by molar-refractivity contribution is 0.272. The quantitative estimate of drug-likeness (QED) is 0.743. The second-order valence-corrected chi connectivity index (χ2v) is 10.5. The zero-order valence-corrected chi connectivity index (χ0v) is 16.9. The maximum absolute atomic E-state index is 13.4. The molecule has 1 saturated heterocycles. The maximum Gasteiger partial charge on any atom is 0.243 e. The van der Waals surface area contributed by atoms with Crippen molar-refractivity contribution < 1.29 is 21.2 Å². The predicted octanol–water partition coefficient (Wildman–Crippen LogP) is 2.48. The summed E-state index contributed by atoms with van der Waals surface area (Å²) in [6.07, 6.45) is 0. The van der Waals surface area contributed by atoms with E-state index in [9.17, 15) is 21.2 Å². The summed E-state index contributed by atoms with van der Waals surface area (Å²) in [7, 11) is -7.65. The Morgan fingerprint density at radius 1 is 0.852 bits per heavy atom. The fourth-order valence-corrected chi connectivity index (χ4v) is 5.96. The highest BCUT2D eigenvalue weighted by Gasteiger charge is 2.34. The Morgan fingerprint density at radius 2 is 1.37 bits per heavy atom. The van der Waals surface area contributed by atoms with Crippen LogP contribution in [-0.4, -0.2) is 51.6 Å². The Morgan fingerprint density at radius 3 is 1.85 bits per heavy atom. The molecular weight excluding hydrogens is 415 g/mol. The molecule has 146 valence electrons. The lowest BCUT2D eigenvalue weighted by Crippen LogP contribution is -2.50. The smallest absolute Gasteiger partial charge is 0.207 e. The van der Waals surface area contributed by atoms with Crippen molar-refractivity contribution in [3.63, 3.8) is 0 Å². The van der Waals surface area contributed by atoms with Crippen LogP contribution < -0.4 is 0 Å². The van der Waals surface area contributed by atoms with E-state index in [4.69, 9.17) is 11.6 Å². The van der Waals surface area contributed by atoms with Crippen molar-refractivity contribution in [2.24, 2.45) is 0 Å². The fourth-order valence-electron chi connectivity index (χ4n) is 2.81. The highest BCUT2D eigenvalue weighted by Crippen LogP contribution is 2.25. The van der Waals surface area contributed by atoms with Crippen LogP contribution in [0.3, 0.4) is 0 Å². The Hall–Kier alpha value is -1.52. The van der Waals surface area contributed by atoms with Crippen LogP contribution >= 0.6 is 11.6 Å². The molecule has 0 spiro atoms. The molecular formula is C17H18ClFN2O4S2. The van der Waals surface area contributed by atoms with Gasteiger partial charge in [-0.25, -0.2) is 21.2 Å². The van der Waals surface area contributed by atoms with Gasteiger partial charge in [0.1, 0.15) is 5.82 Å². The number of halogens is 2. The number of aryl methyl sites for hydroxylation is 1. The summed E-state index contributed by atoms with van der Waals surface area (Å²) < 4.78 is 66.5. The largest absolute Gasteiger partial charge is 0.243 e. The average Bonchev–Trinajstić information content (AvgIpc) is 2.64. The molecule has 0 radical (unpaired) electrons. The summed E-state index contributed by atoms with van der Waals surface area (Å²) in [6, 6.07) is 9.25. The molecule has 0 N–H and O–H groups in total. The fraction of sp³-hybridized carbons (Fsp3) is 0.294. The van der Waals surface area contributed by atoms with E-state index in [1.807, 2.05) is 0 Å². The van der Waals surface area contributed by atoms with Crippen LogP contribution in [-0.2, 0) is 20.0 Å². The summed E-state index contributed by atoms with van der Waals surface area (Å²) in [5.74, 6) is -0.645. The topological polar surface area (TPSA) is 74.8 Å². The molecule has 3 rings (SSSR count). The molecule has 0 amide bonds. The van der Waals surface area contributed by atoms with Gasteiger partial charge >= 0.3 is 0 Å².